The van der Waals surface area contributed by atoms with Crippen LogP contribution in [0.15, 0.2) is 65.5 Å². The highest BCUT2D eigenvalue weighted by molar-refractivity contribution is 5.95. The first-order valence-electron chi connectivity index (χ1n) is 8.94. The molecule has 2 aromatic carbocycles. The van der Waals surface area contributed by atoms with Crippen molar-refractivity contribution in [2.75, 3.05) is 0 Å². The van der Waals surface area contributed by atoms with Gasteiger partial charge in [-0.3, -0.25) is 9.59 Å². The molecule has 29 heavy (non-hydrogen) atoms. The van der Waals surface area contributed by atoms with Crippen molar-refractivity contribution in [1.29, 1.82) is 0 Å². The molecule has 0 aliphatic carbocycles. The number of ketones is 1. The first-order chi connectivity index (χ1) is 13.6. The van der Waals surface area contributed by atoms with E-state index in [1.165, 1.54) is 12.1 Å². The van der Waals surface area contributed by atoms with E-state index in [1.807, 2.05) is 6.07 Å². The lowest BCUT2D eigenvalue weighted by Crippen LogP contribution is -2.24. The highest BCUT2D eigenvalue weighted by Crippen LogP contribution is 2.33. The molecule has 0 radical (unpaired) electrons. The Morgan fingerprint density at radius 2 is 1.55 bits per heavy atom. The number of alkyl halides is 3. The summed E-state index contributed by atoms with van der Waals surface area (Å²) in [5.41, 5.74) is -0.652. The minimum absolute atomic E-state index is 0.0109. The molecule has 4 nitrogen and oxygen atoms in total. The number of hydrogen-bond acceptors (Lipinski definition) is 3. The van der Waals surface area contributed by atoms with Gasteiger partial charge in [-0.1, -0.05) is 56.3 Å². The van der Waals surface area contributed by atoms with Gasteiger partial charge in [-0.15, -0.1) is 0 Å². The van der Waals surface area contributed by atoms with E-state index in [1.54, 1.807) is 38.1 Å². The third-order valence-corrected chi connectivity index (χ3v) is 4.67. The van der Waals surface area contributed by atoms with Crippen LogP contribution in [0.4, 0.5) is 13.2 Å². The molecule has 0 bridgehead atoms. The maximum absolute atomic E-state index is 12.8. The number of halogens is 3. The number of nitrogens with zero attached hydrogens (tertiary/aromatic N) is 1. The van der Waals surface area contributed by atoms with Crippen molar-refractivity contribution in [2.24, 2.45) is 0 Å². The summed E-state index contributed by atoms with van der Waals surface area (Å²) >= 11 is 0. The fourth-order valence-corrected chi connectivity index (χ4v) is 3.04. The molecule has 0 fully saturated rings. The fraction of sp³-hybridized carbons (Fsp3) is 0.227. The van der Waals surface area contributed by atoms with Crippen LogP contribution in [0.5, 0.6) is 0 Å². The summed E-state index contributed by atoms with van der Waals surface area (Å²) in [6.45, 7) is 3.53. The van der Waals surface area contributed by atoms with Crippen LogP contribution in [-0.2, 0) is 11.6 Å². The summed E-state index contributed by atoms with van der Waals surface area (Å²) in [6.07, 6.45) is -4.43. The molecule has 0 aliphatic heterocycles. The van der Waals surface area contributed by atoms with Gasteiger partial charge in [0, 0.05) is 18.1 Å². The molecule has 3 rings (SSSR count). The summed E-state index contributed by atoms with van der Waals surface area (Å²) in [5, 5.41) is 0. The van der Waals surface area contributed by atoms with Crippen molar-refractivity contribution in [3.05, 3.63) is 87.8 Å². The SMILES string of the molecule is CC(C)(CC(=O)c1cc(=O)[nH]c(-c2ccccc2)n1)c1ccc(C(F)(F)F)cc1. The molecule has 0 saturated carbocycles. The van der Waals surface area contributed by atoms with E-state index >= 15 is 0 Å². The smallest absolute Gasteiger partial charge is 0.306 e. The van der Waals surface area contributed by atoms with Crippen LogP contribution in [0.2, 0.25) is 0 Å². The monoisotopic (exact) mass is 400 g/mol. The maximum atomic E-state index is 12.8. The van der Waals surface area contributed by atoms with Gasteiger partial charge in [-0.2, -0.15) is 13.2 Å². The summed E-state index contributed by atoms with van der Waals surface area (Å²) in [4.78, 5) is 31.7. The van der Waals surface area contributed by atoms with E-state index in [2.05, 4.69) is 9.97 Å². The number of aromatic amines is 1. The lowest BCUT2D eigenvalue weighted by Gasteiger charge is -2.25. The first-order valence-corrected chi connectivity index (χ1v) is 8.94. The largest absolute Gasteiger partial charge is 0.416 e. The second-order valence-electron chi connectivity index (χ2n) is 7.40. The van der Waals surface area contributed by atoms with E-state index in [9.17, 15) is 22.8 Å². The first kappa shape index (κ1) is 20.5. The van der Waals surface area contributed by atoms with E-state index in [0.717, 1.165) is 18.2 Å². The van der Waals surface area contributed by atoms with Crippen LogP contribution in [-0.4, -0.2) is 15.8 Å². The Labute approximate surface area is 165 Å². The third kappa shape index (κ3) is 4.80. The third-order valence-electron chi connectivity index (χ3n) is 4.67. The molecule has 1 heterocycles. The Bertz CT molecular complexity index is 1070. The molecular formula is C22H19F3N2O2. The van der Waals surface area contributed by atoms with Crippen molar-refractivity contribution in [2.45, 2.75) is 31.9 Å². The molecule has 0 aliphatic rings. The predicted molar refractivity (Wildman–Crippen MR) is 104 cm³/mol. The molecule has 1 N–H and O–H groups in total. The van der Waals surface area contributed by atoms with Crippen LogP contribution in [0.25, 0.3) is 11.4 Å². The number of nitrogens with one attached hydrogen (secondary N) is 1. The lowest BCUT2D eigenvalue weighted by molar-refractivity contribution is -0.137. The lowest BCUT2D eigenvalue weighted by atomic mass is 9.79. The van der Waals surface area contributed by atoms with Crippen molar-refractivity contribution in [1.82, 2.24) is 9.97 Å². The molecule has 0 spiro atoms. The average Bonchev–Trinajstić information content (AvgIpc) is 2.67. The second-order valence-corrected chi connectivity index (χ2v) is 7.40. The summed E-state index contributed by atoms with van der Waals surface area (Å²) < 4.78 is 38.3. The standard InChI is InChI=1S/C22H19F3N2O2/c1-21(2,15-8-10-16(11-9-15)22(23,24)25)13-18(28)17-12-19(29)27-20(26-17)14-6-4-3-5-7-14/h3-12H,13H2,1-2H3,(H,26,27,29). The van der Waals surface area contributed by atoms with Crippen molar-refractivity contribution in [3.8, 4) is 11.4 Å². The number of H-pyrrole nitrogens is 1. The van der Waals surface area contributed by atoms with E-state index in [-0.39, 0.29) is 23.7 Å². The summed E-state index contributed by atoms with van der Waals surface area (Å²) in [6, 6.07) is 14.8. The Hall–Kier alpha value is -3.22. The van der Waals surface area contributed by atoms with Crippen molar-refractivity contribution in [3.63, 3.8) is 0 Å². The van der Waals surface area contributed by atoms with Gasteiger partial charge in [0.25, 0.3) is 5.56 Å². The average molecular weight is 400 g/mol. The maximum Gasteiger partial charge on any atom is 0.416 e. The highest BCUT2D eigenvalue weighted by atomic mass is 19.4. The number of benzene rings is 2. The number of hydrogen-bond donors (Lipinski definition) is 1. The van der Waals surface area contributed by atoms with E-state index < -0.39 is 22.7 Å². The van der Waals surface area contributed by atoms with E-state index in [0.29, 0.717) is 11.1 Å². The minimum Gasteiger partial charge on any atom is -0.306 e. The Morgan fingerprint density at radius 3 is 2.14 bits per heavy atom. The molecule has 150 valence electrons. The van der Waals surface area contributed by atoms with Crippen LogP contribution in [0, 0.1) is 0 Å². The van der Waals surface area contributed by atoms with Gasteiger partial charge in [0.15, 0.2) is 5.78 Å². The van der Waals surface area contributed by atoms with Crippen molar-refractivity contribution >= 4 is 5.78 Å². The number of carbonyl (C=O) groups excluding carboxylic acids is 1. The topological polar surface area (TPSA) is 62.8 Å². The molecule has 0 saturated heterocycles. The van der Waals surface area contributed by atoms with Gasteiger partial charge in [0.2, 0.25) is 0 Å². The zero-order valence-corrected chi connectivity index (χ0v) is 15.9. The predicted octanol–water partition coefficient (Wildman–Crippen LogP) is 5.01. The zero-order valence-electron chi connectivity index (χ0n) is 15.9. The Kier molecular flexibility index (Phi) is 5.42. The molecule has 0 atom stereocenters. The van der Waals surface area contributed by atoms with Gasteiger partial charge in [0.05, 0.1) is 5.56 Å². The minimum atomic E-state index is -4.42. The van der Waals surface area contributed by atoms with Crippen molar-refractivity contribution < 1.29 is 18.0 Å². The van der Waals surface area contributed by atoms with Gasteiger partial charge in [-0.25, -0.2) is 4.98 Å². The molecule has 7 heteroatoms. The van der Waals surface area contributed by atoms with Crippen LogP contribution in [0.1, 0.15) is 41.9 Å². The summed E-state index contributed by atoms with van der Waals surface area (Å²) in [7, 11) is 0. The van der Waals surface area contributed by atoms with Crippen LogP contribution >= 0.6 is 0 Å². The molecule has 0 amide bonds. The number of Topliss-reactive ketones (excluding diaryl/α,β-unsaturated/α-hetero) is 1. The van der Waals surface area contributed by atoms with Gasteiger partial charge < -0.3 is 4.98 Å². The summed E-state index contributed by atoms with van der Waals surface area (Å²) in [5.74, 6) is -0.0769. The quantitative estimate of drug-likeness (QED) is 0.613. The van der Waals surface area contributed by atoms with Gasteiger partial charge >= 0.3 is 6.18 Å². The van der Waals surface area contributed by atoms with E-state index in [4.69, 9.17) is 0 Å². The Morgan fingerprint density at radius 1 is 0.966 bits per heavy atom. The molecular weight excluding hydrogens is 381 g/mol. The molecule has 0 unspecified atom stereocenters. The molecule has 1 aromatic heterocycles. The second kappa shape index (κ2) is 7.66. The number of rotatable bonds is 5. The zero-order chi connectivity index (χ0) is 21.2. The Balaban J connectivity index is 1.86. The fourth-order valence-electron chi connectivity index (χ4n) is 3.04. The number of carbonyl (C=O) groups is 1. The highest BCUT2D eigenvalue weighted by Gasteiger charge is 2.31. The van der Waals surface area contributed by atoms with Gasteiger partial charge in [-0.05, 0) is 23.1 Å². The molecule has 3 aromatic rings. The number of aromatic nitrogens is 2. The van der Waals surface area contributed by atoms with Crippen LogP contribution < -0.4 is 5.56 Å². The van der Waals surface area contributed by atoms with Gasteiger partial charge in [0.1, 0.15) is 11.5 Å². The van der Waals surface area contributed by atoms with Crippen LogP contribution in [0.3, 0.4) is 0 Å². The normalized spacial score (nSPS) is 12.0.